The van der Waals surface area contributed by atoms with Crippen LogP contribution in [-0.4, -0.2) is 0 Å². The van der Waals surface area contributed by atoms with E-state index in [0.717, 1.165) is 34.1 Å². The van der Waals surface area contributed by atoms with Gasteiger partial charge in [0.25, 0.3) is 0 Å². The molecule has 0 radical (unpaired) electrons. The van der Waals surface area contributed by atoms with Gasteiger partial charge in [0, 0.05) is 34.1 Å². The predicted molar refractivity (Wildman–Crippen MR) is 411 cm³/mol. The molecular weight excluding hydrogens is 1160 g/mol. The van der Waals surface area contributed by atoms with Crippen LogP contribution in [0.5, 0.6) is 0 Å². The van der Waals surface area contributed by atoms with Crippen LogP contribution in [0.15, 0.2) is 364 Å². The molecule has 0 amide bonds. The van der Waals surface area contributed by atoms with E-state index in [1.54, 1.807) is 0 Å². The fraction of sp³-hybridized carbons (Fsp3) is 0. The van der Waals surface area contributed by atoms with Crippen molar-refractivity contribution in [3.8, 4) is 66.8 Å². The molecule has 2 nitrogen and oxygen atoms in total. The average Bonchev–Trinajstić information content (AvgIpc) is 0.708. The van der Waals surface area contributed by atoms with Crippen molar-refractivity contribution in [3.63, 3.8) is 0 Å². The molecule has 96 heavy (non-hydrogen) atoms. The number of fused-ring (bicyclic) bond motifs is 2. The van der Waals surface area contributed by atoms with Gasteiger partial charge in [0.1, 0.15) is 0 Å². The van der Waals surface area contributed by atoms with Crippen LogP contribution in [0.2, 0.25) is 0 Å². The van der Waals surface area contributed by atoms with Gasteiger partial charge in [-0.05, 0) is 226 Å². The molecule has 0 aliphatic heterocycles. The zero-order valence-electron chi connectivity index (χ0n) is 52.5. The minimum absolute atomic E-state index is 1.06. The van der Waals surface area contributed by atoms with Crippen molar-refractivity contribution in [3.05, 3.63) is 364 Å². The van der Waals surface area contributed by atoms with Crippen molar-refractivity contribution in [1.29, 1.82) is 0 Å². The molecule has 0 spiro atoms. The second kappa shape index (κ2) is 22.6. The summed E-state index contributed by atoms with van der Waals surface area (Å²) in [5.41, 5.74) is 20.6. The maximum Gasteiger partial charge on any atom is 0.0468 e. The third-order valence-electron chi connectivity index (χ3n) is 20.1. The summed E-state index contributed by atoms with van der Waals surface area (Å²) in [5, 5.41) is 19.8. The maximum absolute atomic E-state index is 2.50. The van der Waals surface area contributed by atoms with E-state index in [4.69, 9.17) is 0 Å². The van der Waals surface area contributed by atoms with Gasteiger partial charge < -0.3 is 9.80 Å². The van der Waals surface area contributed by atoms with Crippen molar-refractivity contribution >= 4 is 120 Å². The first-order chi connectivity index (χ1) is 47.6. The lowest BCUT2D eigenvalue weighted by Gasteiger charge is -2.29. The zero-order chi connectivity index (χ0) is 63.2. The van der Waals surface area contributed by atoms with Gasteiger partial charge in [-0.1, -0.05) is 291 Å². The molecule has 0 unspecified atom stereocenters. The lowest BCUT2D eigenvalue weighted by Crippen LogP contribution is -2.10. The van der Waals surface area contributed by atoms with Gasteiger partial charge >= 0.3 is 0 Å². The second-order valence-corrected chi connectivity index (χ2v) is 25.5. The fourth-order valence-corrected chi connectivity index (χ4v) is 15.6. The van der Waals surface area contributed by atoms with E-state index in [9.17, 15) is 0 Å². The molecule has 0 aromatic heterocycles. The van der Waals surface area contributed by atoms with Crippen LogP contribution in [0.3, 0.4) is 0 Å². The van der Waals surface area contributed by atoms with Crippen LogP contribution in [0.25, 0.3) is 153 Å². The van der Waals surface area contributed by atoms with Gasteiger partial charge in [0.05, 0.1) is 0 Å². The molecule has 446 valence electrons. The molecule has 0 heterocycles. The third kappa shape index (κ3) is 9.18. The van der Waals surface area contributed by atoms with E-state index in [1.165, 1.54) is 153 Å². The second-order valence-electron chi connectivity index (χ2n) is 25.5. The first kappa shape index (κ1) is 55.1. The van der Waals surface area contributed by atoms with Crippen LogP contribution in [0.4, 0.5) is 34.1 Å². The van der Waals surface area contributed by atoms with Crippen molar-refractivity contribution in [1.82, 2.24) is 0 Å². The van der Waals surface area contributed by atoms with Crippen LogP contribution in [0.1, 0.15) is 0 Å². The number of anilines is 6. The minimum atomic E-state index is 1.06. The summed E-state index contributed by atoms with van der Waals surface area (Å²) >= 11 is 0. The Morgan fingerprint density at radius 3 is 0.688 bits per heavy atom. The van der Waals surface area contributed by atoms with Crippen LogP contribution >= 0.6 is 0 Å². The Kier molecular flexibility index (Phi) is 13.0. The molecular formula is C94H60N2. The molecule has 0 saturated carbocycles. The molecule has 0 saturated heterocycles. The van der Waals surface area contributed by atoms with Gasteiger partial charge in [-0.15, -0.1) is 0 Å². The highest BCUT2D eigenvalue weighted by Crippen LogP contribution is 2.53. The number of hydrogen-bond donors (Lipinski definition) is 0. The quantitative estimate of drug-likeness (QED) is 0.0889. The molecule has 0 aliphatic carbocycles. The minimum Gasteiger partial charge on any atom is -0.310 e. The lowest BCUT2D eigenvalue weighted by atomic mass is 9.81. The summed E-state index contributed by atoms with van der Waals surface area (Å²) in [5.74, 6) is 0. The molecule has 0 N–H and O–H groups in total. The van der Waals surface area contributed by atoms with Gasteiger partial charge in [-0.3, -0.25) is 0 Å². The highest BCUT2D eigenvalue weighted by atomic mass is 15.1. The topological polar surface area (TPSA) is 6.48 Å². The summed E-state index contributed by atoms with van der Waals surface area (Å²) < 4.78 is 0. The van der Waals surface area contributed by atoms with Gasteiger partial charge in [-0.2, -0.15) is 0 Å². The zero-order valence-corrected chi connectivity index (χ0v) is 52.5. The molecule has 0 fully saturated rings. The Labute approximate surface area is 557 Å². The SMILES string of the molecule is c1ccc(-c2ccc(N(c3ccc(-c4ccccc4)cc3)c3ccc4c(-c5ccc6ccc7cccc8ccc5c6c78)c5cc(N(c6ccc(-c7ccccc7)cc6)c6ccc(-c7ccccc7)cc6)ccc5c(-c5ccc6ccc7cccc8ccc5c6c78)c4c3)cc2)cc1. The van der Waals surface area contributed by atoms with Crippen molar-refractivity contribution in [2.45, 2.75) is 0 Å². The Bertz CT molecular complexity index is 5550. The van der Waals surface area contributed by atoms with Gasteiger partial charge in [0.15, 0.2) is 0 Å². The number of hydrogen-bond acceptors (Lipinski definition) is 2. The summed E-state index contributed by atoms with van der Waals surface area (Å²) in [7, 11) is 0. The number of rotatable bonds is 12. The number of nitrogens with zero attached hydrogens (tertiary/aromatic N) is 2. The first-order valence-corrected chi connectivity index (χ1v) is 33.2. The molecule has 2 heteroatoms. The predicted octanol–water partition coefficient (Wildman–Crippen LogP) is 26.7. The number of benzene rings is 19. The third-order valence-corrected chi connectivity index (χ3v) is 20.1. The van der Waals surface area contributed by atoms with E-state index >= 15 is 0 Å². The standard InChI is InChI=1S/C94H60N2/c1-5-15-61(16-6-1)65-31-43-75(44-32-65)95(76-45-33-66(34-46-76)62-17-7-2-8-18-62)79-51-57-85-87(59-79)93(83-55-41-73-29-27-69-23-13-25-71-39-53-81(83)91(73)89(69)71)86-58-52-80(60-88(86)94(85)84-56-42-74-30-28-70-24-14-26-72-40-54-82(84)92(74)90(70)72)96(77-47-35-67(36-48-77)63-19-9-3-10-20-63)78-49-37-68(38-50-78)64-21-11-4-12-22-64/h1-60H. The molecule has 19 rings (SSSR count). The Hall–Kier alpha value is -12.6. The molecule has 19 aromatic carbocycles. The highest BCUT2D eigenvalue weighted by molar-refractivity contribution is 6.32. The Morgan fingerprint density at radius 2 is 0.385 bits per heavy atom. The van der Waals surface area contributed by atoms with Crippen molar-refractivity contribution < 1.29 is 0 Å². The van der Waals surface area contributed by atoms with Crippen LogP contribution in [-0.2, 0) is 0 Å². The van der Waals surface area contributed by atoms with E-state index in [2.05, 4.69) is 374 Å². The average molecular weight is 1220 g/mol. The normalized spacial score (nSPS) is 11.8. The summed E-state index contributed by atoms with van der Waals surface area (Å²) in [4.78, 5) is 4.90. The maximum atomic E-state index is 2.50. The highest BCUT2D eigenvalue weighted by Gasteiger charge is 2.26. The fourth-order valence-electron chi connectivity index (χ4n) is 15.6. The summed E-state index contributed by atoms with van der Waals surface area (Å²) in [6.07, 6.45) is 0. The van der Waals surface area contributed by atoms with Crippen LogP contribution < -0.4 is 9.80 Å². The van der Waals surface area contributed by atoms with E-state index < -0.39 is 0 Å². The smallest absolute Gasteiger partial charge is 0.0468 e. The molecule has 0 atom stereocenters. The monoisotopic (exact) mass is 1220 g/mol. The Balaban J connectivity index is 0.919. The lowest BCUT2D eigenvalue weighted by molar-refractivity contribution is 1.29. The van der Waals surface area contributed by atoms with E-state index in [1.807, 2.05) is 0 Å². The summed E-state index contributed by atoms with van der Waals surface area (Å²) in [6, 6.07) is 135. The molecule has 0 aliphatic rings. The largest absolute Gasteiger partial charge is 0.310 e. The van der Waals surface area contributed by atoms with Crippen LogP contribution in [0, 0.1) is 0 Å². The van der Waals surface area contributed by atoms with Crippen molar-refractivity contribution in [2.75, 3.05) is 9.80 Å². The van der Waals surface area contributed by atoms with Crippen molar-refractivity contribution in [2.24, 2.45) is 0 Å². The van der Waals surface area contributed by atoms with E-state index in [-0.39, 0.29) is 0 Å². The van der Waals surface area contributed by atoms with Gasteiger partial charge in [-0.25, -0.2) is 0 Å². The first-order valence-electron chi connectivity index (χ1n) is 33.2. The Morgan fingerprint density at radius 1 is 0.146 bits per heavy atom. The molecule has 0 bridgehead atoms. The van der Waals surface area contributed by atoms with Gasteiger partial charge in [0.2, 0.25) is 0 Å². The summed E-state index contributed by atoms with van der Waals surface area (Å²) in [6.45, 7) is 0. The molecule has 19 aromatic rings. The van der Waals surface area contributed by atoms with E-state index in [0.29, 0.717) is 0 Å².